The Kier molecular flexibility index (Phi) is 5.76. The molecule has 0 bridgehead atoms. The van der Waals surface area contributed by atoms with Gasteiger partial charge in [0.15, 0.2) is 4.34 Å². The van der Waals surface area contributed by atoms with Gasteiger partial charge in [-0.15, -0.1) is 10.2 Å². The Hall–Kier alpha value is -1.15. The topological polar surface area (TPSA) is 75.2 Å². The zero-order chi connectivity index (χ0) is 17.1. The fourth-order valence-corrected chi connectivity index (χ4v) is 4.99. The van der Waals surface area contributed by atoms with E-state index in [4.69, 9.17) is 0 Å². The van der Waals surface area contributed by atoms with Crippen molar-refractivity contribution in [2.45, 2.75) is 80.5 Å². The molecule has 3 rings (SSSR count). The van der Waals surface area contributed by atoms with Gasteiger partial charge in [-0.2, -0.15) is 0 Å². The molecule has 132 valence electrons. The lowest BCUT2D eigenvalue weighted by Gasteiger charge is -2.17. The molecular formula is C16H24N4O2S2. The van der Waals surface area contributed by atoms with Crippen molar-refractivity contribution < 1.29 is 9.59 Å². The second-order valence-electron chi connectivity index (χ2n) is 6.45. The van der Waals surface area contributed by atoms with Crippen LogP contribution in [-0.2, 0) is 9.59 Å². The van der Waals surface area contributed by atoms with Crippen molar-refractivity contribution in [2.75, 3.05) is 4.90 Å². The molecule has 6 nitrogen and oxygen atoms in total. The molecule has 1 aromatic rings. The Labute approximate surface area is 150 Å². The second-order valence-corrected chi connectivity index (χ2v) is 8.99. The molecule has 2 saturated carbocycles. The molecule has 2 amide bonds. The molecule has 0 radical (unpaired) electrons. The van der Waals surface area contributed by atoms with E-state index in [-0.39, 0.29) is 23.1 Å². The highest BCUT2D eigenvalue weighted by Gasteiger charge is 2.35. The number of anilines is 1. The maximum atomic E-state index is 12.3. The largest absolute Gasteiger partial charge is 0.352 e. The fourth-order valence-electron chi connectivity index (χ4n) is 2.91. The molecule has 8 heteroatoms. The van der Waals surface area contributed by atoms with Crippen molar-refractivity contribution in [3.8, 4) is 0 Å². The Morgan fingerprint density at radius 3 is 2.62 bits per heavy atom. The lowest BCUT2D eigenvalue weighted by molar-refractivity contribution is -0.121. The lowest BCUT2D eigenvalue weighted by Crippen LogP contribution is -2.37. The van der Waals surface area contributed by atoms with Gasteiger partial charge >= 0.3 is 0 Å². The molecule has 0 aromatic carbocycles. The highest BCUT2D eigenvalue weighted by molar-refractivity contribution is 8.02. The third-order valence-electron chi connectivity index (χ3n) is 4.43. The highest BCUT2D eigenvalue weighted by atomic mass is 32.2. The number of hydrogen-bond acceptors (Lipinski definition) is 6. The van der Waals surface area contributed by atoms with Crippen LogP contribution in [0.5, 0.6) is 0 Å². The van der Waals surface area contributed by atoms with Crippen LogP contribution in [0.25, 0.3) is 0 Å². The summed E-state index contributed by atoms with van der Waals surface area (Å²) in [6.45, 7) is 3.76. The van der Waals surface area contributed by atoms with E-state index < -0.39 is 0 Å². The molecule has 2 fully saturated rings. The second kappa shape index (κ2) is 7.82. The van der Waals surface area contributed by atoms with E-state index in [1.165, 1.54) is 35.9 Å². The average Bonchev–Trinajstić information content (AvgIpc) is 3.06. The minimum absolute atomic E-state index is 0.0623. The SMILES string of the molecule is CCC(=O)N(c1nnc(SC(C)C(=O)NC2CCCC2)s1)C1CC1. The first-order valence-electron chi connectivity index (χ1n) is 8.71. The van der Waals surface area contributed by atoms with Gasteiger partial charge in [0, 0.05) is 18.5 Å². The number of nitrogens with zero attached hydrogens (tertiary/aromatic N) is 3. The van der Waals surface area contributed by atoms with Gasteiger partial charge in [0.05, 0.1) is 5.25 Å². The zero-order valence-electron chi connectivity index (χ0n) is 14.2. The van der Waals surface area contributed by atoms with E-state index in [1.54, 1.807) is 4.90 Å². The van der Waals surface area contributed by atoms with Crippen molar-refractivity contribution in [3.63, 3.8) is 0 Å². The number of thioether (sulfide) groups is 1. The normalized spacial score (nSPS) is 19.2. The maximum absolute atomic E-state index is 12.3. The van der Waals surface area contributed by atoms with Crippen molar-refractivity contribution in [1.82, 2.24) is 15.5 Å². The molecule has 1 atom stereocenters. The van der Waals surface area contributed by atoms with Gasteiger partial charge in [-0.1, -0.05) is 42.9 Å². The van der Waals surface area contributed by atoms with Crippen LogP contribution in [0.15, 0.2) is 4.34 Å². The van der Waals surface area contributed by atoms with E-state index in [0.717, 1.165) is 30.0 Å². The minimum atomic E-state index is -0.206. The van der Waals surface area contributed by atoms with E-state index >= 15 is 0 Å². The summed E-state index contributed by atoms with van der Waals surface area (Å²) in [5.41, 5.74) is 0. The Morgan fingerprint density at radius 2 is 2.00 bits per heavy atom. The van der Waals surface area contributed by atoms with Crippen molar-refractivity contribution >= 4 is 40.0 Å². The number of carbonyl (C=O) groups is 2. The Balaban J connectivity index is 1.58. The monoisotopic (exact) mass is 368 g/mol. The van der Waals surface area contributed by atoms with Gasteiger partial charge in [-0.3, -0.25) is 14.5 Å². The van der Waals surface area contributed by atoms with E-state index in [1.807, 2.05) is 13.8 Å². The molecular weight excluding hydrogens is 344 g/mol. The van der Waals surface area contributed by atoms with Crippen LogP contribution in [0.4, 0.5) is 5.13 Å². The third kappa shape index (κ3) is 4.27. The highest BCUT2D eigenvalue weighted by Crippen LogP contribution is 2.37. The summed E-state index contributed by atoms with van der Waals surface area (Å²) in [6.07, 6.45) is 7.12. The minimum Gasteiger partial charge on any atom is -0.352 e. The number of hydrogen-bond donors (Lipinski definition) is 1. The van der Waals surface area contributed by atoms with Crippen LogP contribution in [0.3, 0.4) is 0 Å². The van der Waals surface area contributed by atoms with Crippen LogP contribution < -0.4 is 10.2 Å². The number of amides is 2. The van der Waals surface area contributed by atoms with E-state index in [2.05, 4.69) is 15.5 Å². The summed E-state index contributed by atoms with van der Waals surface area (Å²) in [5.74, 6) is 0.157. The van der Waals surface area contributed by atoms with Gasteiger partial charge in [-0.05, 0) is 32.6 Å². The van der Waals surface area contributed by atoms with Crippen LogP contribution in [-0.4, -0.2) is 39.3 Å². The van der Waals surface area contributed by atoms with Crippen molar-refractivity contribution in [1.29, 1.82) is 0 Å². The van der Waals surface area contributed by atoms with Gasteiger partial charge in [0.2, 0.25) is 16.9 Å². The predicted molar refractivity (Wildman–Crippen MR) is 96.4 cm³/mol. The summed E-state index contributed by atoms with van der Waals surface area (Å²) >= 11 is 2.83. The molecule has 2 aliphatic carbocycles. The van der Waals surface area contributed by atoms with Crippen LogP contribution >= 0.6 is 23.1 Å². The van der Waals surface area contributed by atoms with Crippen molar-refractivity contribution in [3.05, 3.63) is 0 Å². The Morgan fingerprint density at radius 1 is 1.29 bits per heavy atom. The molecule has 1 aromatic heterocycles. The first kappa shape index (κ1) is 17.7. The zero-order valence-corrected chi connectivity index (χ0v) is 15.8. The van der Waals surface area contributed by atoms with E-state index in [0.29, 0.717) is 17.6 Å². The lowest BCUT2D eigenvalue weighted by atomic mass is 10.2. The van der Waals surface area contributed by atoms with Gasteiger partial charge < -0.3 is 5.32 Å². The molecule has 0 aliphatic heterocycles. The van der Waals surface area contributed by atoms with Gasteiger partial charge in [0.25, 0.3) is 0 Å². The molecule has 1 heterocycles. The summed E-state index contributed by atoms with van der Waals surface area (Å²) < 4.78 is 0.744. The number of aromatic nitrogens is 2. The number of carbonyl (C=O) groups excluding carboxylic acids is 2. The maximum Gasteiger partial charge on any atom is 0.233 e. The van der Waals surface area contributed by atoms with E-state index in [9.17, 15) is 9.59 Å². The summed E-state index contributed by atoms with van der Waals surface area (Å²) in [7, 11) is 0. The number of nitrogens with one attached hydrogen (secondary N) is 1. The standard InChI is InChI=1S/C16H24N4O2S2/c1-3-13(21)20(12-8-9-12)15-18-19-16(24-15)23-10(2)14(22)17-11-6-4-5-7-11/h10-12H,3-9H2,1-2H3,(H,17,22). The number of rotatable bonds is 7. The quantitative estimate of drug-likeness (QED) is 0.591. The fraction of sp³-hybridized carbons (Fsp3) is 0.750. The molecule has 24 heavy (non-hydrogen) atoms. The molecule has 0 spiro atoms. The average molecular weight is 369 g/mol. The summed E-state index contributed by atoms with van der Waals surface area (Å²) in [6, 6.07) is 0.615. The molecule has 0 saturated heterocycles. The summed E-state index contributed by atoms with van der Waals surface area (Å²) in [4.78, 5) is 26.2. The van der Waals surface area contributed by atoms with Crippen LogP contribution in [0, 0.1) is 0 Å². The molecule has 1 N–H and O–H groups in total. The van der Waals surface area contributed by atoms with Crippen LogP contribution in [0.2, 0.25) is 0 Å². The van der Waals surface area contributed by atoms with Gasteiger partial charge in [-0.25, -0.2) is 0 Å². The summed E-state index contributed by atoms with van der Waals surface area (Å²) in [5, 5.41) is 11.9. The molecule has 1 unspecified atom stereocenters. The predicted octanol–water partition coefficient (Wildman–Crippen LogP) is 2.98. The van der Waals surface area contributed by atoms with Gasteiger partial charge in [0.1, 0.15) is 0 Å². The van der Waals surface area contributed by atoms with Crippen molar-refractivity contribution in [2.24, 2.45) is 0 Å². The first-order chi connectivity index (χ1) is 11.6. The molecule has 2 aliphatic rings. The van der Waals surface area contributed by atoms with Crippen LogP contribution in [0.1, 0.15) is 58.8 Å². The Bertz CT molecular complexity index is 597. The third-order valence-corrected chi connectivity index (χ3v) is 6.54. The first-order valence-corrected chi connectivity index (χ1v) is 10.4. The smallest absolute Gasteiger partial charge is 0.233 e.